The molecule has 136 valence electrons. The maximum absolute atomic E-state index is 13.4. The van der Waals surface area contributed by atoms with Gasteiger partial charge in [0.15, 0.2) is 5.82 Å². The number of amides is 1. The second kappa shape index (κ2) is 7.53. The number of hydrogen-bond donors (Lipinski definition) is 1. The minimum atomic E-state index is -0.300. The zero-order valence-corrected chi connectivity index (χ0v) is 15.3. The molecule has 1 amide bonds. The number of nitrogens with zero attached hydrogens (tertiary/aromatic N) is 3. The van der Waals surface area contributed by atoms with Crippen LogP contribution in [0.15, 0.2) is 29.6 Å². The first-order valence-electron chi connectivity index (χ1n) is 9.07. The van der Waals surface area contributed by atoms with Gasteiger partial charge in [-0.3, -0.25) is 4.79 Å². The maximum Gasteiger partial charge on any atom is 0.223 e. The number of halogens is 1. The van der Waals surface area contributed by atoms with Crippen LogP contribution in [-0.4, -0.2) is 27.0 Å². The van der Waals surface area contributed by atoms with E-state index in [4.69, 9.17) is 0 Å². The monoisotopic (exact) mass is 372 g/mol. The van der Waals surface area contributed by atoms with Gasteiger partial charge in [-0.25, -0.2) is 8.91 Å². The molecule has 4 rings (SSSR count). The zero-order chi connectivity index (χ0) is 17.9. The fourth-order valence-electron chi connectivity index (χ4n) is 3.47. The lowest BCUT2D eigenvalue weighted by Crippen LogP contribution is -2.33. The molecule has 0 bridgehead atoms. The predicted octanol–water partition coefficient (Wildman–Crippen LogP) is 3.84. The van der Waals surface area contributed by atoms with Gasteiger partial charge in [-0.2, -0.15) is 4.98 Å². The molecular formula is C19H21FN4OS. The van der Waals surface area contributed by atoms with E-state index in [-0.39, 0.29) is 17.6 Å². The number of hydrogen-bond acceptors (Lipinski definition) is 4. The molecule has 0 radical (unpaired) electrons. The molecule has 26 heavy (non-hydrogen) atoms. The normalized spacial score (nSPS) is 15.4. The Kier molecular flexibility index (Phi) is 4.97. The summed E-state index contributed by atoms with van der Waals surface area (Å²) in [7, 11) is 0. The maximum atomic E-state index is 13.4. The second-order valence-electron chi connectivity index (χ2n) is 6.74. The highest BCUT2D eigenvalue weighted by Crippen LogP contribution is 2.24. The summed E-state index contributed by atoms with van der Waals surface area (Å²) in [6, 6.07) is 6.29. The molecule has 7 heteroatoms. The van der Waals surface area contributed by atoms with Gasteiger partial charge in [-0.05, 0) is 25.0 Å². The van der Waals surface area contributed by atoms with E-state index in [2.05, 4.69) is 15.4 Å². The number of carbonyl (C=O) groups excluding carboxylic acids is 1. The van der Waals surface area contributed by atoms with Crippen LogP contribution in [0, 0.1) is 11.7 Å². The first-order valence-corrected chi connectivity index (χ1v) is 9.95. The minimum Gasteiger partial charge on any atom is -0.355 e. The molecule has 1 fully saturated rings. The van der Waals surface area contributed by atoms with Crippen LogP contribution in [0.4, 0.5) is 4.39 Å². The quantitative estimate of drug-likeness (QED) is 0.740. The van der Waals surface area contributed by atoms with E-state index >= 15 is 0 Å². The summed E-state index contributed by atoms with van der Waals surface area (Å²) in [5.41, 5.74) is 1.67. The number of fused-ring (bicyclic) bond motifs is 1. The van der Waals surface area contributed by atoms with Crippen molar-refractivity contribution >= 4 is 22.2 Å². The molecule has 0 saturated heterocycles. The van der Waals surface area contributed by atoms with Crippen molar-refractivity contribution in [2.24, 2.45) is 5.92 Å². The summed E-state index contributed by atoms with van der Waals surface area (Å²) in [5.74, 6) is 0.572. The lowest BCUT2D eigenvalue weighted by atomic mass is 9.89. The average Bonchev–Trinajstić information content (AvgIpc) is 3.24. The topological polar surface area (TPSA) is 59.3 Å². The van der Waals surface area contributed by atoms with Crippen molar-refractivity contribution in [2.45, 2.75) is 38.5 Å². The van der Waals surface area contributed by atoms with Crippen LogP contribution >= 0.6 is 11.3 Å². The molecule has 3 aromatic rings. The summed E-state index contributed by atoms with van der Waals surface area (Å²) in [4.78, 5) is 17.5. The Balaban J connectivity index is 1.41. The molecule has 0 atom stereocenters. The summed E-state index contributed by atoms with van der Waals surface area (Å²) >= 11 is 1.50. The van der Waals surface area contributed by atoms with E-state index in [1.165, 1.54) is 29.9 Å². The van der Waals surface area contributed by atoms with Crippen LogP contribution < -0.4 is 5.32 Å². The van der Waals surface area contributed by atoms with Gasteiger partial charge in [-0.15, -0.1) is 16.4 Å². The van der Waals surface area contributed by atoms with E-state index in [1.54, 1.807) is 16.6 Å². The van der Waals surface area contributed by atoms with E-state index in [1.807, 2.05) is 5.38 Å². The largest absolute Gasteiger partial charge is 0.355 e. The molecule has 1 aliphatic rings. The van der Waals surface area contributed by atoms with Crippen molar-refractivity contribution in [3.05, 3.63) is 41.2 Å². The van der Waals surface area contributed by atoms with Crippen molar-refractivity contribution in [1.82, 2.24) is 19.9 Å². The number of nitrogens with one attached hydrogen (secondary N) is 1. The van der Waals surface area contributed by atoms with E-state index in [0.29, 0.717) is 24.4 Å². The SMILES string of the molecule is O=C(NCCc1csc2nc(-c3cccc(F)c3)nn12)C1CCCCC1. The molecular weight excluding hydrogens is 351 g/mol. The second-order valence-corrected chi connectivity index (χ2v) is 7.58. The van der Waals surface area contributed by atoms with Gasteiger partial charge in [0.25, 0.3) is 0 Å². The minimum absolute atomic E-state index is 0.176. The van der Waals surface area contributed by atoms with Gasteiger partial charge in [-0.1, -0.05) is 31.4 Å². The molecule has 2 aromatic heterocycles. The Hall–Kier alpha value is -2.28. The van der Waals surface area contributed by atoms with Crippen molar-refractivity contribution in [3.8, 4) is 11.4 Å². The lowest BCUT2D eigenvalue weighted by Gasteiger charge is -2.20. The van der Waals surface area contributed by atoms with Gasteiger partial charge < -0.3 is 5.32 Å². The highest BCUT2D eigenvalue weighted by molar-refractivity contribution is 7.15. The molecule has 1 saturated carbocycles. The smallest absolute Gasteiger partial charge is 0.223 e. The van der Waals surface area contributed by atoms with Gasteiger partial charge in [0.05, 0.1) is 5.69 Å². The van der Waals surface area contributed by atoms with Crippen LogP contribution in [0.5, 0.6) is 0 Å². The van der Waals surface area contributed by atoms with Crippen molar-refractivity contribution in [1.29, 1.82) is 0 Å². The lowest BCUT2D eigenvalue weighted by molar-refractivity contribution is -0.125. The fourth-order valence-corrected chi connectivity index (χ4v) is 4.33. The van der Waals surface area contributed by atoms with Crippen LogP contribution in [0.2, 0.25) is 0 Å². The van der Waals surface area contributed by atoms with E-state index in [9.17, 15) is 9.18 Å². The zero-order valence-electron chi connectivity index (χ0n) is 14.4. The van der Waals surface area contributed by atoms with Gasteiger partial charge in [0.2, 0.25) is 10.9 Å². The fraction of sp³-hybridized carbons (Fsp3) is 0.421. The molecule has 1 aliphatic carbocycles. The average molecular weight is 372 g/mol. The van der Waals surface area contributed by atoms with Gasteiger partial charge >= 0.3 is 0 Å². The Morgan fingerprint density at radius 1 is 1.31 bits per heavy atom. The van der Waals surface area contributed by atoms with Gasteiger partial charge in [0.1, 0.15) is 5.82 Å². The third-order valence-corrected chi connectivity index (χ3v) is 5.75. The van der Waals surface area contributed by atoms with Crippen LogP contribution in [-0.2, 0) is 11.2 Å². The molecule has 0 spiro atoms. The van der Waals surface area contributed by atoms with Crippen molar-refractivity contribution in [2.75, 3.05) is 6.54 Å². The highest BCUT2D eigenvalue weighted by atomic mass is 32.1. The third-order valence-electron chi connectivity index (χ3n) is 4.89. The van der Waals surface area contributed by atoms with Crippen molar-refractivity contribution in [3.63, 3.8) is 0 Å². The van der Waals surface area contributed by atoms with Crippen LogP contribution in [0.3, 0.4) is 0 Å². The summed E-state index contributed by atoms with van der Waals surface area (Å²) in [6.07, 6.45) is 6.28. The Morgan fingerprint density at radius 2 is 2.15 bits per heavy atom. The molecule has 2 heterocycles. The molecule has 1 N–H and O–H groups in total. The standard InChI is InChI=1S/C19H21FN4OS/c20-15-8-4-7-14(11-15)17-22-19-24(23-17)16(12-26-19)9-10-21-18(25)13-5-2-1-3-6-13/h4,7-8,11-13H,1-3,5-6,9-10H2,(H,21,25). The highest BCUT2D eigenvalue weighted by Gasteiger charge is 2.20. The number of benzene rings is 1. The Labute approximate surface area is 155 Å². The van der Waals surface area contributed by atoms with Crippen molar-refractivity contribution < 1.29 is 9.18 Å². The van der Waals surface area contributed by atoms with E-state index in [0.717, 1.165) is 36.3 Å². The molecule has 0 unspecified atom stereocenters. The van der Waals surface area contributed by atoms with Gasteiger partial charge in [0, 0.05) is 29.8 Å². The van der Waals surface area contributed by atoms with Crippen LogP contribution in [0.25, 0.3) is 16.3 Å². The van der Waals surface area contributed by atoms with E-state index < -0.39 is 0 Å². The number of carbonyl (C=O) groups is 1. The number of thiazole rings is 1. The molecule has 1 aromatic carbocycles. The summed E-state index contributed by atoms with van der Waals surface area (Å²) < 4.78 is 15.2. The van der Waals surface area contributed by atoms with Crippen LogP contribution in [0.1, 0.15) is 37.8 Å². The molecule has 5 nitrogen and oxygen atoms in total. The summed E-state index contributed by atoms with van der Waals surface area (Å²) in [5, 5.41) is 9.58. The molecule has 0 aliphatic heterocycles. The number of aromatic nitrogens is 3. The Bertz CT molecular complexity index is 913. The first kappa shape index (κ1) is 17.1. The number of rotatable bonds is 5. The Morgan fingerprint density at radius 3 is 2.96 bits per heavy atom. The summed E-state index contributed by atoms with van der Waals surface area (Å²) in [6.45, 7) is 0.594. The first-order chi connectivity index (χ1) is 12.7. The third kappa shape index (κ3) is 3.62. The predicted molar refractivity (Wildman–Crippen MR) is 99.5 cm³/mol.